The van der Waals surface area contributed by atoms with Crippen molar-refractivity contribution in [1.29, 1.82) is 0 Å². The molecule has 1 fully saturated rings. The van der Waals surface area contributed by atoms with E-state index in [0.29, 0.717) is 31.5 Å². The van der Waals surface area contributed by atoms with Gasteiger partial charge in [0.1, 0.15) is 6.04 Å². The largest absolute Gasteiger partial charge is 0.480 e. The Morgan fingerprint density at radius 3 is 2.68 bits per heavy atom. The van der Waals surface area contributed by atoms with Gasteiger partial charge in [0.15, 0.2) is 0 Å². The summed E-state index contributed by atoms with van der Waals surface area (Å²) in [5.74, 6) is -1.20. The summed E-state index contributed by atoms with van der Waals surface area (Å²) in [6.07, 6.45) is 1.94. The molecule has 2 heterocycles. The first-order chi connectivity index (χ1) is 10.5. The predicted octanol–water partition coefficient (Wildman–Crippen LogP) is 1.28. The standard InChI is InChI=1S/C16H18N2O4/c1-10(19)17-8-6-11-9-12(4-5-13(11)17)15(20)18-7-2-3-14(18)16(21)22/h4-5,9,14H,2-3,6-8H2,1H3,(H,21,22). The van der Waals surface area contributed by atoms with Crippen LogP contribution in [0.5, 0.6) is 0 Å². The Balaban J connectivity index is 1.86. The van der Waals surface area contributed by atoms with Crippen LogP contribution in [-0.2, 0) is 16.0 Å². The highest BCUT2D eigenvalue weighted by atomic mass is 16.4. The number of hydrogen-bond acceptors (Lipinski definition) is 3. The second-order valence-electron chi connectivity index (χ2n) is 5.76. The number of fused-ring (bicyclic) bond motifs is 1. The van der Waals surface area contributed by atoms with Gasteiger partial charge in [-0.05, 0) is 43.0 Å². The van der Waals surface area contributed by atoms with Gasteiger partial charge in [0.2, 0.25) is 5.91 Å². The van der Waals surface area contributed by atoms with E-state index in [1.807, 2.05) is 0 Å². The molecule has 0 aromatic heterocycles. The molecule has 0 spiro atoms. The zero-order valence-corrected chi connectivity index (χ0v) is 12.4. The number of benzene rings is 1. The van der Waals surface area contributed by atoms with Gasteiger partial charge in [-0.1, -0.05) is 0 Å². The van der Waals surface area contributed by atoms with Crippen LogP contribution in [0.4, 0.5) is 5.69 Å². The molecule has 0 bridgehead atoms. The molecule has 2 amide bonds. The second kappa shape index (κ2) is 5.44. The van der Waals surface area contributed by atoms with Crippen LogP contribution in [0, 0.1) is 0 Å². The third kappa shape index (κ3) is 2.34. The number of rotatable bonds is 2. The minimum absolute atomic E-state index is 0.0108. The highest BCUT2D eigenvalue weighted by molar-refractivity contribution is 5.99. The lowest BCUT2D eigenvalue weighted by Gasteiger charge is -2.22. The molecule has 1 saturated heterocycles. The molecule has 2 aliphatic heterocycles. The number of carboxylic acid groups (broad SMARTS) is 1. The molecule has 1 aromatic carbocycles. The van der Waals surface area contributed by atoms with Crippen molar-refractivity contribution in [2.75, 3.05) is 18.0 Å². The summed E-state index contributed by atoms with van der Waals surface area (Å²) in [6, 6.07) is 4.52. The van der Waals surface area contributed by atoms with Crippen LogP contribution < -0.4 is 4.90 Å². The third-order valence-electron chi connectivity index (χ3n) is 4.40. The van der Waals surface area contributed by atoms with E-state index in [-0.39, 0.29) is 11.8 Å². The van der Waals surface area contributed by atoms with Gasteiger partial charge >= 0.3 is 5.97 Å². The van der Waals surface area contributed by atoms with Crippen LogP contribution in [0.2, 0.25) is 0 Å². The van der Waals surface area contributed by atoms with Crippen molar-refractivity contribution in [3.8, 4) is 0 Å². The number of likely N-dealkylation sites (tertiary alicyclic amines) is 1. The first-order valence-corrected chi connectivity index (χ1v) is 7.44. The average Bonchev–Trinajstić information content (AvgIpc) is 3.12. The smallest absolute Gasteiger partial charge is 0.326 e. The molecule has 1 unspecified atom stereocenters. The van der Waals surface area contributed by atoms with Crippen molar-refractivity contribution < 1.29 is 19.5 Å². The normalized spacial score (nSPS) is 20.1. The number of carbonyl (C=O) groups is 3. The van der Waals surface area contributed by atoms with Gasteiger partial charge in [0.05, 0.1) is 0 Å². The Kier molecular flexibility index (Phi) is 3.60. The van der Waals surface area contributed by atoms with E-state index in [1.54, 1.807) is 23.1 Å². The van der Waals surface area contributed by atoms with Crippen LogP contribution in [0.1, 0.15) is 35.7 Å². The maximum absolute atomic E-state index is 12.6. The summed E-state index contributed by atoms with van der Waals surface area (Å²) in [4.78, 5) is 38.4. The van der Waals surface area contributed by atoms with Gasteiger partial charge in [0, 0.05) is 31.3 Å². The van der Waals surface area contributed by atoms with E-state index in [4.69, 9.17) is 0 Å². The van der Waals surface area contributed by atoms with Crippen LogP contribution in [0.25, 0.3) is 0 Å². The molecule has 3 rings (SSSR count). The van der Waals surface area contributed by atoms with E-state index >= 15 is 0 Å². The van der Waals surface area contributed by atoms with Crippen molar-refractivity contribution in [1.82, 2.24) is 4.90 Å². The van der Waals surface area contributed by atoms with Crippen LogP contribution in [-0.4, -0.2) is 46.9 Å². The quantitative estimate of drug-likeness (QED) is 0.893. The summed E-state index contributed by atoms with van der Waals surface area (Å²) in [5.41, 5.74) is 2.31. The van der Waals surface area contributed by atoms with Gasteiger partial charge in [-0.2, -0.15) is 0 Å². The minimum Gasteiger partial charge on any atom is -0.480 e. The van der Waals surface area contributed by atoms with Crippen molar-refractivity contribution in [2.24, 2.45) is 0 Å². The molecule has 6 nitrogen and oxygen atoms in total. The van der Waals surface area contributed by atoms with Crippen LogP contribution in [0.15, 0.2) is 18.2 Å². The number of hydrogen-bond donors (Lipinski definition) is 1. The Morgan fingerprint density at radius 2 is 2.00 bits per heavy atom. The Bertz CT molecular complexity index is 656. The molecular weight excluding hydrogens is 284 g/mol. The second-order valence-corrected chi connectivity index (χ2v) is 5.76. The lowest BCUT2D eigenvalue weighted by molar-refractivity contribution is -0.141. The molecule has 0 saturated carbocycles. The van der Waals surface area contributed by atoms with Crippen molar-refractivity contribution in [3.63, 3.8) is 0 Å². The minimum atomic E-state index is -0.949. The zero-order chi connectivity index (χ0) is 15.9. The van der Waals surface area contributed by atoms with Crippen molar-refractivity contribution in [3.05, 3.63) is 29.3 Å². The topological polar surface area (TPSA) is 77.9 Å². The molecule has 2 aliphatic rings. The Labute approximate surface area is 128 Å². The van der Waals surface area contributed by atoms with Crippen LogP contribution >= 0.6 is 0 Å². The molecule has 1 aromatic rings. The summed E-state index contributed by atoms with van der Waals surface area (Å²) in [7, 11) is 0. The van der Waals surface area contributed by atoms with Crippen molar-refractivity contribution >= 4 is 23.5 Å². The molecule has 0 aliphatic carbocycles. The van der Waals surface area contributed by atoms with E-state index in [9.17, 15) is 19.5 Å². The maximum Gasteiger partial charge on any atom is 0.326 e. The van der Waals surface area contributed by atoms with Crippen molar-refractivity contribution in [2.45, 2.75) is 32.2 Å². The fraction of sp³-hybridized carbons (Fsp3) is 0.438. The Hall–Kier alpha value is -2.37. The van der Waals surface area contributed by atoms with E-state index in [1.165, 1.54) is 11.8 Å². The van der Waals surface area contributed by atoms with Gasteiger partial charge in [-0.25, -0.2) is 4.79 Å². The van der Waals surface area contributed by atoms with E-state index in [0.717, 1.165) is 17.7 Å². The molecule has 6 heteroatoms. The van der Waals surface area contributed by atoms with Gasteiger partial charge in [-0.15, -0.1) is 0 Å². The number of anilines is 1. The summed E-state index contributed by atoms with van der Waals surface area (Å²) in [5, 5.41) is 9.19. The SMILES string of the molecule is CC(=O)N1CCc2cc(C(=O)N3CCCC3C(=O)O)ccc21. The number of amides is 2. The van der Waals surface area contributed by atoms with Crippen LogP contribution in [0.3, 0.4) is 0 Å². The number of nitrogens with zero attached hydrogens (tertiary/aromatic N) is 2. The summed E-state index contributed by atoms with van der Waals surface area (Å²) >= 11 is 0. The number of aliphatic carboxylic acids is 1. The molecule has 1 atom stereocenters. The maximum atomic E-state index is 12.6. The van der Waals surface area contributed by atoms with E-state index < -0.39 is 12.0 Å². The molecule has 116 valence electrons. The number of carbonyl (C=O) groups excluding carboxylic acids is 2. The summed E-state index contributed by atoms with van der Waals surface area (Å²) in [6.45, 7) is 2.63. The average molecular weight is 302 g/mol. The fourth-order valence-corrected chi connectivity index (χ4v) is 3.29. The van der Waals surface area contributed by atoms with Gasteiger partial charge in [-0.3, -0.25) is 9.59 Å². The fourth-order valence-electron chi connectivity index (χ4n) is 3.29. The first-order valence-electron chi connectivity index (χ1n) is 7.44. The molecule has 0 radical (unpaired) electrons. The molecule has 22 heavy (non-hydrogen) atoms. The first kappa shape index (κ1) is 14.6. The van der Waals surface area contributed by atoms with Gasteiger partial charge < -0.3 is 14.9 Å². The monoisotopic (exact) mass is 302 g/mol. The lowest BCUT2D eigenvalue weighted by Crippen LogP contribution is -2.40. The zero-order valence-electron chi connectivity index (χ0n) is 12.4. The molecular formula is C16H18N2O4. The highest BCUT2D eigenvalue weighted by Gasteiger charge is 2.35. The third-order valence-corrected chi connectivity index (χ3v) is 4.40. The predicted molar refractivity (Wildman–Crippen MR) is 79.9 cm³/mol. The highest BCUT2D eigenvalue weighted by Crippen LogP contribution is 2.30. The van der Waals surface area contributed by atoms with E-state index in [2.05, 4.69) is 0 Å². The molecule has 1 N–H and O–H groups in total. The van der Waals surface area contributed by atoms with Gasteiger partial charge in [0.25, 0.3) is 5.91 Å². The Morgan fingerprint density at radius 1 is 1.23 bits per heavy atom. The number of carboxylic acids is 1. The summed E-state index contributed by atoms with van der Waals surface area (Å²) < 4.78 is 0. The lowest BCUT2D eigenvalue weighted by atomic mass is 10.1.